The van der Waals surface area contributed by atoms with Crippen molar-refractivity contribution < 1.29 is 32.8 Å². The SMILES string of the molecule is C=C(CC/C=C\C[C@@H]1[C@@H](/C=C/C(CCCCC)O[C@H]2CCCCO2)[C@H](OC2CCCCO2)C[C@@H]1OC1CCCCO1)O[Si](C)(C)C(C)(C)C. The molecule has 3 heterocycles. The Hall–Kier alpha value is -1.00. The Morgan fingerprint density at radius 3 is 2.02 bits per heavy atom. The first kappa shape index (κ1) is 40.8. The molecule has 1 saturated carbocycles. The Bertz CT molecular complexity index is 988. The third-order valence-corrected chi connectivity index (χ3v) is 15.7. The zero-order chi connectivity index (χ0) is 35.1. The summed E-state index contributed by atoms with van der Waals surface area (Å²) in [7, 11) is -1.87. The largest absolute Gasteiger partial charge is 0.547 e. The van der Waals surface area contributed by atoms with Crippen molar-refractivity contribution in [3.63, 3.8) is 0 Å². The number of hydrogen-bond acceptors (Lipinski definition) is 7. The topological polar surface area (TPSA) is 64.6 Å². The Labute approximate surface area is 301 Å². The standard InChI is InChI=1S/C41H72O7Si/c1-8-9-11-21-33(45-38-23-14-17-28-42-38)26-27-35-34(22-13-10-12-20-32(2)48-49(6,7)41(3,4)5)36(46-39-24-15-18-29-43-39)31-37(35)47-40-25-16-19-30-44-40/h10,13,26-27,33-40H,2,8-9,11-12,14-25,28-31H2,1,3-7H3/b13-10-,27-26+/t33?,34-,35-,36+,37-,38+,39?,40?/m1/s1. The summed E-state index contributed by atoms with van der Waals surface area (Å²) in [6, 6.07) is 0. The van der Waals surface area contributed by atoms with E-state index >= 15 is 0 Å². The molecular weight excluding hydrogens is 633 g/mol. The molecule has 0 N–H and O–H groups in total. The first-order chi connectivity index (χ1) is 23.6. The maximum atomic E-state index is 6.82. The van der Waals surface area contributed by atoms with E-state index in [1.165, 1.54) is 19.3 Å². The predicted octanol–water partition coefficient (Wildman–Crippen LogP) is 10.8. The summed E-state index contributed by atoms with van der Waals surface area (Å²) in [6.45, 7) is 20.3. The van der Waals surface area contributed by atoms with Gasteiger partial charge in [0.15, 0.2) is 18.9 Å². The van der Waals surface area contributed by atoms with Crippen LogP contribution in [-0.4, -0.2) is 65.3 Å². The first-order valence-corrected chi connectivity index (χ1v) is 23.0. The van der Waals surface area contributed by atoms with Gasteiger partial charge in [-0.25, -0.2) is 0 Å². The Balaban J connectivity index is 1.49. The van der Waals surface area contributed by atoms with Crippen molar-refractivity contribution >= 4 is 8.32 Å². The molecule has 3 unspecified atom stereocenters. The predicted molar refractivity (Wildman–Crippen MR) is 201 cm³/mol. The van der Waals surface area contributed by atoms with Crippen LogP contribution in [-0.2, 0) is 32.8 Å². The molecule has 1 aliphatic carbocycles. The van der Waals surface area contributed by atoms with E-state index in [9.17, 15) is 0 Å². The molecule has 8 heteroatoms. The lowest BCUT2D eigenvalue weighted by molar-refractivity contribution is -0.203. The fourth-order valence-electron chi connectivity index (χ4n) is 7.24. The van der Waals surface area contributed by atoms with E-state index in [1.807, 2.05) is 0 Å². The second-order valence-corrected chi connectivity index (χ2v) is 21.1. The molecule has 0 aromatic rings. The molecular formula is C41H72O7Si. The molecule has 49 heavy (non-hydrogen) atoms. The zero-order valence-corrected chi connectivity index (χ0v) is 33.1. The maximum absolute atomic E-state index is 6.82. The van der Waals surface area contributed by atoms with Gasteiger partial charge in [-0.1, -0.05) is 77.8 Å². The second-order valence-electron chi connectivity index (χ2n) is 16.4. The number of unbranched alkanes of at least 4 members (excludes halogenated alkanes) is 2. The molecule has 4 rings (SSSR count). The van der Waals surface area contributed by atoms with E-state index in [0.717, 1.165) is 115 Å². The van der Waals surface area contributed by atoms with Crippen LogP contribution in [0, 0.1) is 11.8 Å². The van der Waals surface area contributed by atoms with Gasteiger partial charge < -0.3 is 32.8 Å². The van der Waals surface area contributed by atoms with Crippen LogP contribution in [0.2, 0.25) is 18.1 Å². The third-order valence-electron chi connectivity index (χ3n) is 11.3. The summed E-state index contributed by atoms with van der Waals surface area (Å²) in [6.07, 6.45) is 26.9. The number of rotatable bonds is 19. The van der Waals surface area contributed by atoms with E-state index in [1.54, 1.807) is 0 Å². The molecule has 0 aromatic carbocycles. The minimum atomic E-state index is -1.87. The average molecular weight is 705 g/mol. The van der Waals surface area contributed by atoms with E-state index in [0.29, 0.717) is 0 Å². The van der Waals surface area contributed by atoms with Gasteiger partial charge in [0, 0.05) is 38.6 Å². The highest BCUT2D eigenvalue weighted by molar-refractivity contribution is 6.74. The molecule has 0 radical (unpaired) electrons. The summed E-state index contributed by atoms with van der Waals surface area (Å²) >= 11 is 0. The summed E-state index contributed by atoms with van der Waals surface area (Å²) in [4.78, 5) is 0. The van der Waals surface area contributed by atoms with Crippen LogP contribution in [0.1, 0.15) is 137 Å². The summed E-state index contributed by atoms with van der Waals surface area (Å²) in [5.41, 5.74) is 0. The fourth-order valence-corrected chi connectivity index (χ4v) is 8.37. The number of hydrogen-bond donors (Lipinski definition) is 0. The molecule has 282 valence electrons. The highest BCUT2D eigenvalue weighted by Crippen LogP contribution is 2.43. The molecule has 0 bridgehead atoms. The van der Waals surface area contributed by atoms with Crippen LogP contribution in [0.15, 0.2) is 36.6 Å². The Kier molecular flexibility index (Phi) is 17.4. The van der Waals surface area contributed by atoms with Crippen molar-refractivity contribution in [2.24, 2.45) is 11.8 Å². The second kappa shape index (κ2) is 20.9. The monoisotopic (exact) mass is 705 g/mol. The third kappa shape index (κ3) is 13.8. The van der Waals surface area contributed by atoms with Gasteiger partial charge in [-0.15, -0.1) is 0 Å². The molecule has 0 aromatic heterocycles. The van der Waals surface area contributed by atoms with Crippen LogP contribution in [0.3, 0.4) is 0 Å². The number of allylic oxidation sites excluding steroid dienone is 3. The molecule has 7 nitrogen and oxygen atoms in total. The Morgan fingerprint density at radius 2 is 1.45 bits per heavy atom. The van der Waals surface area contributed by atoms with Gasteiger partial charge in [0.25, 0.3) is 0 Å². The summed E-state index contributed by atoms with van der Waals surface area (Å²) < 4.78 is 44.9. The van der Waals surface area contributed by atoms with E-state index in [-0.39, 0.29) is 54.1 Å². The van der Waals surface area contributed by atoms with Crippen LogP contribution in [0.25, 0.3) is 0 Å². The molecule has 4 aliphatic rings. The van der Waals surface area contributed by atoms with E-state index < -0.39 is 8.32 Å². The van der Waals surface area contributed by atoms with Crippen molar-refractivity contribution in [2.45, 2.75) is 192 Å². The summed E-state index contributed by atoms with van der Waals surface area (Å²) in [5.74, 6) is 1.36. The van der Waals surface area contributed by atoms with Crippen molar-refractivity contribution in [1.82, 2.24) is 0 Å². The van der Waals surface area contributed by atoms with Crippen molar-refractivity contribution in [3.05, 3.63) is 36.6 Å². The molecule has 3 saturated heterocycles. The molecule has 4 fully saturated rings. The maximum Gasteiger partial charge on any atom is 0.250 e. The van der Waals surface area contributed by atoms with E-state index in [4.69, 9.17) is 32.8 Å². The van der Waals surface area contributed by atoms with Gasteiger partial charge in [-0.2, -0.15) is 0 Å². The van der Waals surface area contributed by atoms with Gasteiger partial charge in [0.2, 0.25) is 8.32 Å². The van der Waals surface area contributed by atoms with Crippen LogP contribution in [0.5, 0.6) is 0 Å². The van der Waals surface area contributed by atoms with Crippen LogP contribution < -0.4 is 0 Å². The van der Waals surface area contributed by atoms with Gasteiger partial charge in [0.1, 0.15) is 0 Å². The fraction of sp³-hybridized carbons (Fsp3) is 0.854. The van der Waals surface area contributed by atoms with Gasteiger partial charge in [-0.3, -0.25) is 0 Å². The minimum Gasteiger partial charge on any atom is -0.547 e. The van der Waals surface area contributed by atoms with Gasteiger partial charge in [0.05, 0.1) is 24.1 Å². The van der Waals surface area contributed by atoms with Crippen LogP contribution in [0.4, 0.5) is 0 Å². The summed E-state index contributed by atoms with van der Waals surface area (Å²) in [5, 5.41) is 0.165. The average Bonchev–Trinajstić information content (AvgIpc) is 3.38. The lowest BCUT2D eigenvalue weighted by Crippen LogP contribution is -2.40. The Morgan fingerprint density at radius 1 is 0.837 bits per heavy atom. The normalized spacial score (nSPS) is 31.0. The molecule has 0 amide bonds. The quantitative estimate of drug-likeness (QED) is 0.0574. The molecule has 8 atom stereocenters. The van der Waals surface area contributed by atoms with Crippen LogP contribution >= 0.6 is 0 Å². The van der Waals surface area contributed by atoms with E-state index in [2.05, 4.69) is 71.7 Å². The smallest absolute Gasteiger partial charge is 0.250 e. The van der Waals surface area contributed by atoms with Crippen molar-refractivity contribution in [2.75, 3.05) is 19.8 Å². The highest BCUT2D eigenvalue weighted by atomic mass is 28.4. The lowest BCUT2D eigenvalue weighted by Gasteiger charge is -2.37. The molecule has 0 spiro atoms. The minimum absolute atomic E-state index is 0.0197. The molecule has 3 aliphatic heterocycles. The lowest BCUT2D eigenvalue weighted by atomic mass is 9.89. The van der Waals surface area contributed by atoms with Gasteiger partial charge >= 0.3 is 0 Å². The van der Waals surface area contributed by atoms with Gasteiger partial charge in [-0.05, 0) is 101 Å². The number of ether oxygens (including phenoxy) is 6. The highest BCUT2D eigenvalue weighted by Gasteiger charge is 2.45. The first-order valence-electron chi connectivity index (χ1n) is 20.1. The van der Waals surface area contributed by atoms with Crippen molar-refractivity contribution in [1.29, 1.82) is 0 Å². The van der Waals surface area contributed by atoms with Crippen molar-refractivity contribution in [3.8, 4) is 0 Å². The zero-order valence-electron chi connectivity index (χ0n) is 32.1.